The van der Waals surface area contributed by atoms with Gasteiger partial charge in [0.2, 0.25) is 0 Å². The second-order valence-corrected chi connectivity index (χ2v) is 5.33. The minimum absolute atomic E-state index is 0.107. The van der Waals surface area contributed by atoms with Gasteiger partial charge in [0.1, 0.15) is 0 Å². The Morgan fingerprint density at radius 3 is 2.76 bits per heavy atom. The molecule has 21 heavy (non-hydrogen) atoms. The SMILES string of the molecule is O=C(c1cncc2ccccc12)C1Cc2ccccc2N1. The Morgan fingerprint density at radius 2 is 1.86 bits per heavy atom. The highest BCUT2D eigenvalue weighted by Gasteiger charge is 2.28. The predicted octanol–water partition coefficient (Wildman–Crippen LogP) is 3.45. The van der Waals surface area contributed by atoms with Gasteiger partial charge in [-0.05, 0) is 17.0 Å². The van der Waals surface area contributed by atoms with Gasteiger partial charge in [-0.3, -0.25) is 9.78 Å². The number of aromatic nitrogens is 1. The van der Waals surface area contributed by atoms with Crippen molar-refractivity contribution >= 4 is 22.2 Å². The van der Waals surface area contributed by atoms with Crippen molar-refractivity contribution in [3.63, 3.8) is 0 Å². The maximum atomic E-state index is 12.8. The molecule has 0 saturated carbocycles. The molecule has 1 aliphatic heterocycles. The van der Waals surface area contributed by atoms with E-state index in [1.807, 2.05) is 42.5 Å². The van der Waals surface area contributed by atoms with Gasteiger partial charge in [-0.1, -0.05) is 42.5 Å². The first kappa shape index (κ1) is 12.1. The van der Waals surface area contributed by atoms with Gasteiger partial charge in [0.05, 0.1) is 6.04 Å². The number of nitrogens with zero attached hydrogens (tertiary/aromatic N) is 1. The summed E-state index contributed by atoms with van der Waals surface area (Å²) >= 11 is 0. The number of carbonyl (C=O) groups excluding carboxylic acids is 1. The third-order valence-electron chi connectivity index (χ3n) is 4.02. The summed E-state index contributed by atoms with van der Waals surface area (Å²) in [6.45, 7) is 0. The lowest BCUT2D eigenvalue weighted by Crippen LogP contribution is -2.27. The van der Waals surface area contributed by atoms with Crippen LogP contribution in [0.4, 0.5) is 5.69 Å². The normalized spacial score (nSPS) is 16.5. The summed E-state index contributed by atoms with van der Waals surface area (Å²) in [5.74, 6) is 0.107. The number of nitrogens with one attached hydrogen (secondary N) is 1. The Hall–Kier alpha value is -2.68. The lowest BCUT2D eigenvalue weighted by Gasteiger charge is -2.11. The molecule has 3 nitrogen and oxygen atoms in total. The van der Waals surface area contributed by atoms with Gasteiger partial charge in [-0.15, -0.1) is 0 Å². The van der Waals surface area contributed by atoms with Gasteiger partial charge in [0.15, 0.2) is 5.78 Å². The summed E-state index contributed by atoms with van der Waals surface area (Å²) in [4.78, 5) is 17.0. The van der Waals surface area contributed by atoms with Crippen LogP contribution in [-0.4, -0.2) is 16.8 Å². The molecule has 1 aliphatic rings. The summed E-state index contributed by atoms with van der Waals surface area (Å²) in [5.41, 5.74) is 2.95. The van der Waals surface area contributed by atoms with E-state index in [1.54, 1.807) is 12.4 Å². The topological polar surface area (TPSA) is 42.0 Å². The molecule has 0 saturated heterocycles. The highest BCUT2D eigenvalue weighted by molar-refractivity contribution is 6.11. The molecule has 0 fully saturated rings. The van der Waals surface area contributed by atoms with Crippen LogP contribution in [0.1, 0.15) is 15.9 Å². The number of rotatable bonds is 2. The molecule has 2 heterocycles. The Morgan fingerprint density at radius 1 is 1.05 bits per heavy atom. The number of ketones is 1. The first-order chi connectivity index (χ1) is 10.3. The molecule has 3 aromatic rings. The number of pyridine rings is 1. The number of Topliss-reactive ketones (excluding diaryl/α,β-unsaturated/α-hetero) is 1. The summed E-state index contributed by atoms with van der Waals surface area (Å²) in [6, 6.07) is 15.8. The first-order valence-electron chi connectivity index (χ1n) is 7.04. The van der Waals surface area contributed by atoms with E-state index in [9.17, 15) is 4.79 Å². The van der Waals surface area contributed by atoms with E-state index < -0.39 is 0 Å². The Kier molecular flexibility index (Phi) is 2.71. The van der Waals surface area contributed by atoms with Crippen molar-refractivity contribution in [2.45, 2.75) is 12.5 Å². The zero-order valence-electron chi connectivity index (χ0n) is 11.4. The number of hydrogen-bond donors (Lipinski definition) is 1. The van der Waals surface area contributed by atoms with Gasteiger partial charge in [-0.25, -0.2) is 0 Å². The number of carbonyl (C=O) groups is 1. The smallest absolute Gasteiger partial charge is 0.187 e. The fourth-order valence-corrected chi connectivity index (χ4v) is 2.96. The van der Waals surface area contributed by atoms with Crippen LogP contribution in [0, 0.1) is 0 Å². The molecule has 4 rings (SSSR count). The summed E-state index contributed by atoms with van der Waals surface area (Å²) in [6.07, 6.45) is 4.20. The lowest BCUT2D eigenvalue weighted by atomic mass is 9.98. The maximum Gasteiger partial charge on any atom is 0.187 e. The molecule has 102 valence electrons. The highest BCUT2D eigenvalue weighted by Crippen LogP contribution is 2.28. The van der Waals surface area contributed by atoms with Crippen LogP contribution in [0.5, 0.6) is 0 Å². The minimum atomic E-state index is -0.199. The molecule has 0 spiro atoms. The van der Waals surface area contributed by atoms with Gasteiger partial charge in [0, 0.05) is 35.5 Å². The average molecular weight is 274 g/mol. The van der Waals surface area contributed by atoms with Crippen molar-refractivity contribution < 1.29 is 4.79 Å². The summed E-state index contributed by atoms with van der Waals surface area (Å²) in [5, 5.41) is 5.29. The molecule has 1 atom stereocenters. The van der Waals surface area contributed by atoms with Crippen LogP contribution in [0.25, 0.3) is 10.8 Å². The van der Waals surface area contributed by atoms with E-state index in [0.29, 0.717) is 5.56 Å². The zero-order valence-corrected chi connectivity index (χ0v) is 11.4. The van der Waals surface area contributed by atoms with E-state index in [4.69, 9.17) is 0 Å². The van der Waals surface area contributed by atoms with E-state index >= 15 is 0 Å². The average Bonchev–Trinajstić information content (AvgIpc) is 2.97. The minimum Gasteiger partial charge on any atom is -0.374 e. The second-order valence-electron chi connectivity index (χ2n) is 5.33. The van der Waals surface area contributed by atoms with Crippen LogP contribution in [0.2, 0.25) is 0 Å². The molecule has 0 amide bonds. The van der Waals surface area contributed by atoms with Crippen molar-refractivity contribution in [1.29, 1.82) is 0 Å². The largest absolute Gasteiger partial charge is 0.374 e. The molecule has 0 aliphatic carbocycles. The number of anilines is 1. The third kappa shape index (κ3) is 1.98. The summed E-state index contributed by atoms with van der Waals surface area (Å²) in [7, 11) is 0. The highest BCUT2D eigenvalue weighted by atomic mass is 16.1. The van der Waals surface area contributed by atoms with Crippen molar-refractivity contribution in [2.75, 3.05) is 5.32 Å². The van der Waals surface area contributed by atoms with E-state index in [-0.39, 0.29) is 11.8 Å². The summed E-state index contributed by atoms with van der Waals surface area (Å²) < 4.78 is 0. The quantitative estimate of drug-likeness (QED) is 0.728. The number of hydrogen-bond acceptors (Lipinski definition) is 3. The molecule has 0 bridgehead atoms. The second kappa shape index (κ2) is 4.70. The van der Waals surface area contributed by atoms with Crippen LogP contribution in [0.15, 0.2) is 60.9 Å². The Bertz CT molecular complexity index is 811. The zero-order chi connectivity index (χ0) is 14.2. The van der Waals surface area contributed by atoms with Crippen molar-refractivity contribution in [1.82, 2.24) is 4.98 Å². The fraction of sp³-hybridized carbons (Fsp3) is 0.111. The van der Waals surface area contributed by atoms with Crippen LogP contribution in [-0.2, 0) is 6.42 Å². The van der Waals surface area contributed by atoms with Gasteiger partial charge in [0.25, 0.3) is 0 Å². The van der Waals surface area contributed by atoms with Gasteiger partial charge in [-0.2, -0.15) is 0 Å². The molecule has 2 aromatic carbocycles. The van der Waals surface area contributed by atoms with Crippen LogP contribution < -0.4 is 5.32 Å². The van der Waals surface area contributed by atoms with Gasteiger partial charge < -0.3 is 5.32 Å². The Labute approximate surface area is 122 Å². The molecule has 3 heteroatoms. The van der Waals surface area contributed by atoms with Crippen molar-refractivity contribution in [3.8, 4) is 0 Å². The molecule has 0 radical (unpaired) electrons. The van der Waals surface area contributed by atoms with Crippen molar-refractivity contribution in [3.05, 3.63) is 72.1 Å². The monoisotopic (exact) mass is 274 g/mol. The lowest BCUT2D eigenvalue weighted by molar-refractivity contribution is 0.0973. The number of benzene rings is 2. The van der Waals surface area contributed by atoms with Crippen molar-refractivity contribution in [2.24, 2.45) is 0 Å². The predicted molar refractivity (Wildman–Crippen MR) is 83.6 cm³/mol. The van der Waals surface area contributed by atoms with Crippen LogP contribution >= 0.6 is 0 Å². The number of fused-ring (bicyclic) bond motifs is 2. The van der Waals surface area contributed by atoms with E-state index in [1.165, 1.54) is 5.56 Å². The maximum absolute atomic E-state index is 12.8. The fourth-order valence-electron chi connectivity index (χ4n) is 2.96. The number of para-hydroxylation sites is 1. The van der Waals surface area contributed by atoms with Crippen LogP contribution in [0.3, 0.4) is 0 Å². The van der Waals surface area contributed by atoms with Gasteiger partial charge >= 0.3 is 0 Å². The van der Waals surface area contributed by atoms with E-state index in [0.717, 1.165) is 22.9 Å². The molecule has 1 N–H and O–H groups in total. The molecular formula is C18H14N2O. The van der Waals surface area contributed by atoms with E-state index in [2.05, 4.69) is 16.4 Å². The molecular weight excluding hydrogens is 260 g/mol. The standard InChI is InChI=1S/C18H14N2O/c21-18(17-9-12-5-2-4-8-16(12)20-17)15-11-19-10-13-6-1-3-7-14(13)15/h1-8,10-11,17,20H,9H2. The first-order valence-corrected chi connectivity index (χ1v) is 7.04. The Balaban J connectivity index is 1.72. The third-order valence-corrected chi connectivity index (χ3v) is 4.02. The molecule has 1 aromatic heterocycles. The molecule has 1 unspecified atom stereocenters.